The van der Waals surface area contributed by atoms with Crippen LogP contribution in [0.3, 0.4) is 0 Å². The van der Waals surface area contributed by atoms with E-state index in [4.69, 9.17) is 5.11 Å². The molecular weight excluding hydrogens is 190 g/mol. The molecule has 1 rings (SSSR count). The van der Waals surface area contributed by atoms with Crippen LogP contribution < -0.4 is 5.32 Å². The van der Waals surface area contributed by atoms with Gasteiger partial charge in [0, 0.05) is 24.5 Å². The Morgan fingerprint density at radius 3 is 2.87 bits per heavy atom. The summed E-state index contributed by atoms with van der Waals surface area (Å²) in [5.41, 5.74) is 0. The molecule has 0 aliphatic heterocycles. The van der Waals surface area contributed by atoms with Crippen LogP contribution in [0.1, 0.15) is 33.1 Å². The van der Waals surface area contributed by atoms with Crippen molar-refractivity contribution in [1.82, 2.24) is 5.32 Å². The Hall–Kier alpha value is -0.830. The van der Waals surface area contributed by atoms with Crippen molar-refractivity contribution in [3.05, 3.63) is 12.2 Å². The molecular formula is C12H21NO2. The third kappa shape index (κ3) is 3.67. The number of hydrogen-bond acceptors (Lipinski definition) is 2. The molecule has 0 saturated carbocycles. The van der Waals surface area contributed by atoms with Crippen molar-refractivity contribution >= 4 is 5.91 Å². The van der Waals surface area contributed by atoms with Gasteiger partial charge in [0.2, 0.25) is 5.91 Å². The van der Waals surface area contributed by atoms with E-state index in [-0.39, 0.29) is 30.4 Å². The lowest BCUT2D eigenvalue weighted by Crippen LogP contribution is -2.36. The van der Waals surface area contributed by atoms with E-state index in [1.54, 1.807) is 0 Å². The average Bonchev–Trinajstić information content (AvgIpc) is 2.66. The fourth-order valence-corrected chi connectivity index (χ4v) is 1.91. The molecule has 3 nitrogen and oxygen atoms in total. The summed E-state index contributed by atoms with van der Waals surface area (Å²) >= 11 is 0. The Morgan fingerprint density at radius 2 is 2.33 bits per heavy atom. The number of carbonyl (C=O) groups is 1. The Morgan fingerprint density at radius 1 is 1.60 bits per heavy atom. The van der Waals surface area contributed by atoms with Crippen LogP contribution in [0.4, 0.5) is 0 Å². The molecule has 1 aliphatic rings. The molecule has 2 N–H and O–H groups in total. The quantitative estimate of drug-likeness (QED) is 0.677. The van der Waals surface area contributed by atoms with Gasteiger partial charge in [0.05, 0.1) is 0 Å². The van der Waals surface area contributed by atoms with Gasteiger partial charge in [0.15, 0.2) is 0 Å². The van der Waals surface area contributed by atoms with E-state index in [2.05, 4.69) is 12.2 Å². The molecule has 0 aromatic carbocycles. The summed E-state index contributed by atoms with van der Waals surface area (Å²) < 4.78 is 0. The SMILES string of the molecule is CCCC(C)C(=O)N[C@@H]1C=C[C@H](CO)C1. The number of rotatable bonds is 5. The fraction of sp³-hybridized carbons (Fsp3) is 0.750. The molecule has 0 spiro atoms. The Labute approximate surface area is 91.6 Å². The van der Waals surface area contributed by atoms with Crippen LogP contribution in [0.25, 0.3) is 0 Å². The molecule has 0 aromatic heterocycles. The molecule has 0 fully saturated rings. The van der Waals surface area contributed by atoms with Gasteiger partial charge in [-0.05, 0) is 12.8 Å². The second-order valence-corrected chi connectivity index (χ2v) is 4.37. The molecule has 0 saturated heterocycles. The summed E-state index contributed by atoms with van der Waals surface area (Å²) in [6.07, 6.45) is 6.77. The molecule has 0 bridgehead atoms. The second-order valence-electron chi connectivity index (χ2n) is 4.37. The maximum Gasteiger partial charge on any atom is 0.223 e. The van der Waals surface area contributed by atoms with Gasteiger partial charge in [-0.3, -0.25) is 4.79 Å². The van der Waals surface area contributed by atoms with Gasteiger partial charge in [-0.2, -0.15) is 0 Å². The zero-order valence-electron chi connectivity index (χ0n) is 9.57. The van der Waals surface area contributed by atoms with Crippen LogP contribution in [0.5, 0.6) is 0 Å². The monoisotopic (exact) mass is 211 g/mol. The highest BCUT2D eigenvalue weighted by atomic mass is 16.3. The van der Waals surface area contributed by atoms with Crippen molar-refractivity contribution in [3.8, 4) is 0 Å². The predicted molar refractivity (Wildman–Crippen MR) is 60.3 cm³/mol. The minimum atomic E-state index is 0.0941. The van der Waals surface area contributed by atoms with Gasteiger partial charge < -0.3 is 10.4 Å². The van der Waals surface area contributed by atoms with Gasteiger partial charge >= 0.3 is 0 Å². The van der Waals surface area contributed by atoms with Gasteiger partial charge in [0.25, 0.3) is 0 Å². The summed E-state index contributed by atoms with van der Waals surface area (Å²) in [5.74, 6) is 0.443. The van der Waals surface area contributed by atoms with Crippen molar-refractivity contribution in [1.29, 1.82) is 0 Å². The van der Waals surface area contributed by atoms with Crippen LogP contribution in [-0.2, 0) is 4.79 Å². The van der Waals surface area contributed by atoms with Crippen LogP contribution in [0.2, 0.25) is 0 Å². The van der Waals surface area contributed by atoms with Crippen molar-refractivity contribution in [2.24, 2.45) is 11.8 Å². The third-order valence-corrected chi connectivity index (χ3v) is 2.90. The average molecular weight is 211 g/mol. The highest BCUT2D eigenvalue weighted by Gasteiger charge is 2.21. The Kier molecular flexibility index (Phi) is 4.82. The van der Waals surface area contributed by atoms with E-state index in [0.29, 0.717) is 0 Å². The van der Waals surface area contributed by atoms with Crippen LogP contribution in [0, 0.1) is 11.8 Å². The molecule has 0 radical (unpaired) electrons. The molecule has 15 heavy (non-hydrogen) atoms. The molecule has 86 valence electrons. The van der Waals surface area contributed by atoms with Gasteiger partial charge in [0.1, 0.15) is 0 Å². The maximum atomic E-state index is 11.7. The minimum Gasteiger partial charge on any atom is -0.396 e. The third-order valence-electron chi connectivity index (χ3n) is 2.90. The smallest absolute Gasteiger partial charge is 0.223 e. The van der Waals surface area contributed by atoms with E-state index in [1.165, 1.54) is 0 Å². The lowest BCUT2D eigenvalue weighted by Gasteiger charge is -2.16. The fourth-order valence-electron chi connectivity index (χ4n) is 1.91. The molecule has 0 aromatic rings. The summed E-state index contributed by atoms with van der Waals surface area (Å²) in [6, 6.07) is 0.119. The van der Waals surface area contributed by atoms with E-state index in [1.807, 2.05) is 19.1 Å². The number of nitrogens with one attached hydrogen (secondary N) is 1. The number of hydrogen-bond donors (Lipinski definition) is 2. The molecule has 3 heteroatoms. The van der Waals surface area contributed by atoms with Gasteiger partial charge in [-0.15, -0.1) is 0 Å². The summed E-state index contributed by atoms with van der Waals surface area (Å²) in [4.78, 5) is 11.7. The highest BCUT2D eigenvalue weighted by molar-refractivity contribution is 5.78. The first-order valence-electron chi connectivity index (χ1n) is 5.77. The molecule has 1 unspecified atom stereocenters. The second kappa shape index (κ2) is 5.91. The zero-order valence-corrected chi connectivity index (χ0v) is 9.57. The minimum absolute atomic E-state index is 0.0941. The number of amides is 1. The zero-order chi connectivity index (χ0) is 11.3. The van der Waals surface area contributed by atoms with E-state index >= 15 is 0 Å². The van der Waals surface area contributed by atoms with Crippen molar-refractivity contribution in [3.63, 3.8) is 0 Å². The van der Waals surface area contributed by atoms with Crippen LogP contribution in [0.15, 0.2) is 12.2 Å². The Bertz CT molecular complexity index is 238. The van der Waals surface area contributed by atoms with Crippen molar-refractivity contribution < 1.29 is 9.90 Å². The molecule has 1 amide bonds. The van der Waals surface area contributed by atoms with E-state index in [9.17, 15) is 4.79 Å². The van der Waals surface area contributed by atoms with Crippen LogP contribution in [-0.4, -0.2) is 23.7 Å². The number of aliphatic hydroxyl groups excluding tert-OH is 1. The largest absolute Gasteiger partial charge is 0.396 e. The van der Waals surface area contributed by atoms with Crippen molar-refractivity contribution in [2.45, 2.75) is 39.2 Å². The lowest BCUT2D eigenvalue weighted by molar-refractivity contribution is -0.125. The van der Waals surface area contributed by atoms with E-state index in [0.717, 1.165) is 19.3 Å². The Balaban J connectivity index is 2.31. The first-order valence-corrected chi connectivity index (χ1v) is 5.77. The molecule has 1 aliphatic carbocycles. The van der Waals surface area contributed by atoms with Crippen molar-refractivity contribution in [2.75, 3.05) is 6.61 Å². The summed E-state index contributed by atoms with van der Waals surface area (Å²) in [7, 11) is 0. The topological polar surface area (TPSA) is 49.3 Å². The standard InChI is InChI=1S/C12H21NO2/c1-3-4-9(2)12(15)13-11-6-5-10(7-11)8-14/h5-6,9-11,14H,3-4,7-8H2,1-2H3,(H,13,15)/t9?,10-,11+/m0/s1. The summed E-state index contributed by atoms with van der Waals surface area (Å²) in [6.45, 7) is 4.22. The van der Waals surface area contributed by atoms with Gasteiger partial charge in [-0.1, -0.05) is 32.4 Å². The normalized spacial score (nSPS) is 26.6. The molecule has 0 heterocycles. The number of aliphatic hydroxyl groups is 1. The first kappa shape index (κ1) is 12.2. The van der Waals surface area contributed by atoms with Gasteiger partial charge in [-0.25, -0.2) is 0 Å². The van der Waals surface area contributed by atoms with Crippen LogP contribution >= 0.6 is 0 Å². The highest BCUT2D eigenvalue weighted by Crippen LogP contribution is 2.17. The molecule has 3 atom stereocenters. The van der Waals surface area contributed by atoms with E-state index < -0.39 is 0 Å². The first-order chi connectivity index (χ1) is 7.17. The summed E-state index contributed by atoms with van der Waals surface area (Å²) in [5, 5.41) is 11.9. The predicted octanol–water partition coefficient (Wildman–Crippen LogP) is 1.48. The maximum absolute atomic E-state index is 11.7. The lowest BCUT2D eigenvalue weighted by atomic mass is 10.0. The number of carbonyl (C=O) groups excluding carboxylic acids is 1.